The second-order valence-electron chi connectivity index (χ2n) is 7.40. The standard InChI is InChI=1S/C23H22N4O2/c1-14-20-21(26-25-14)23(28)27(22(20)15-6-5-7-17(12-15)29-2)11-10-16-13-24-19-9-4-3-8-18(16)19/h3-9,12-13,22,24H,10-11H2,1-2H3,(H,25,26). The number of carbonyl (C=O) groups excluding carboxylic acids is 1. The summed E-state index contributed by atoms with van der Waals surface area (Å²) in [5.74, 6) is 0.748. The van der Waals surface area contributed by atoms with Crippen LogP contribution in [0.5, 0.6) is 5.75 Å². The first-order valence-electron chi connectivity index (χ1n) is 9.72. The molecular formula is C23H22N4O2. The molecule has 1 aliphatic heterocycles. The van der Waals surface area contributed by atoms with Crippen molar-refractivity contribution in [1.29, 1.82) is 0 Å². The van der Waals surface area contributed by atoms with Gasteiger partial charge in [0.2, 0.25) is 0 Å². The Kier molecular flexibility index (Phi) is 4.12. The minimum Gasteiger partial charge on any atom is -0.497 e. The number of ether oxygens (including phenoxy) is 1. The van der Waals surface area contributed by atoms with Gasteiger partial charge in [0.25, 0.3) is 5.91 Å². The molecule has 4 aromatic rings. The normalized spacial score (nSPS) is 15.9. The highest BCUT2D eigenvalue weighted by Crippen LogP contribution is 2.40. The van der Waals surface area contributed by atoms with E-state index in [9.17, 15) is 4.79 Å². The number of hydrogen-bond donors (Lipinski definition) is 2. The van der Waals surface area contributed by atoms with E-state index in [1.165, 1.54) is 10.9 Å². The quantitative estimate of drug-likeness (QED) is 0.545. The maximum Gasteiger partial charge on any atom is 0.275 e. The van der Waals surface area contributed by atoms with E-state index in [1.54, 1.807) is 7.11 Å². The second kappa shape index (κ2) is 6.81. The fourth-order valence-electron chi connectivity index (χ4n) is 4.31. The van der Waals surface area contributed by atoms with Crippen molar-refractivity contribution in [3.05, 3.63) is 82.8 Å². The molecule has 0 saturated carbocycles. The molecule has 1 amide bonds. The largest absolute Gasteiger partial charge is 0.497 e. The average Bonchev–Trinajstić information content (AvgIpc) is 3.41. The minimum atomic E-state index is -0.170. The van der Waals surface area contributed by atoms with Crippen molar-refractivity contribution in [2.45, 2.75) is 19.4 Å². The summed E-state index contributed by atoms with van der Waals surface area (Å²) in [6.45, 7) is 2.58. The maximum atomic E-state index is 13.2. The minimum absolute atomic E-state index is 0.0305. The number of nitrogens with zero attached hydrogens (tertiary/aromatic N) is 2. The fourth-order valence-corrected chi connectivity index (χ4v) is 4.31. The first-order valence-corrected chi connectivity index (χ1v) is 9.72. The summed E-state index contributed by atoms with van der Waals surface area (Å²) in [5, 5.41) is 8.47. The molecule has 3 heterocycles. The average molecular weight is 386 g/mol. The molecule has 29 heavy (non-hydrogen) atoms. The van der Waals surface area contributed by atoms with Crippen LogP contribution in [0.15, 0.2) is 54.7 Å². The molecule has 146 valence electrons. The van der Waals surface area contributed by atoms with E-state index in [2.05, 4.69) is 27.3 Å². The van der Waals surface area contributed by atoms with E-state index in [0.29, 0.717) is 12.2 Å². The number of methoxy groups -OCH3 is 1. The number of nitrogens with one attached hydrogen (secondary N) is 2. The lowest BCUT2D eigenvalue weighted by atomic mass is 9.98. The van der Waals surface area contributed by atoms with E-state index in [1.807, 2.05) is 54.4 Å². The Balaban J connectivity index is 1.51. The summed E-state index contributed by atoms with van der Waals surface area (Å²) < 4.78 is 5.41. The van der Waals surface area contributed by atoms with E-state index < -0.39 is 0 Å². The van der Waals surface area contributed by atoms with Gasteiger partial charge in [0.15, 0.2) is 5.69 Å². The Hall–Kier alpha value is -3.54. The van der Waals surface area contributed by atoms with Crippen LogP contribution >= 0.6 is 0 Å². The highest BCUT2D eigenvalue weighted by molar-refractivity contribution is 5.98. The van der Waals surface area contributed by atoms with Crippen LogP contribution in [-0.2, 0) is 6.42 Å². The van der Waals surface area contributed by atoms with Crippen LogP contribution in [0.4, 0.5) is 0 Å². The molecule has 6 heteroatoms. The van der Waals surface area contributed by atoms with Gasteiger partial charge in [0.05, 0.1) is 13.2 Å². The lowest BCUT2D eigenvalue weighted by Gasteiger charge is -2.26. The zero-order valence-electron chi connectivity index (χ0n) is 16.4. The summed E-state index contributed by atoms with van der Waals surface area (Å²) in [7, 11) is 1.65. The van der Waals surface area contributed by atoms with Gasteiger partial charge in [-0.1, -0.05) is 30.3 Å². The van der Waals surface area contributed by atoms with E-state index in [4.69, 9.17) is 4.74 Å². The number of aromatic amines is 2. The Bertz CT molecular complexity index is 1210. The molecule has 0 radical (unpaired) electrons. The number of benzene rings is 2. The number of rotatable bonds is 5. The van der Waals surface area contributed by atoms with Gasteiger partial charge in [0, 0.05) is 34.9 Å². The van der Waals surface area contributed by atoms with Crippen LogP contribution in [0.25, 0.3) is 10.9 Å². The fraction of sp³-hybridized carbons (Fsp3) is 0.217. The molecule has 0 saturated heterocycles. The maximum absolute atomic E-state index is 13.2. The molecule has 1 aliphatic rings. The summed E-state index contributed by atoms with van der Waals surface area (Å²) in [4.78, 5) is 18.4. The number of hydrogen-bond acceptors (Lipinski definition) is 3. The zero-order valence-corrected chi connectivity index (χ0v) is 16.4. The van der Waals surface area contributed by atoms with E-state index in [-0.39, 0.29) is 11.9 Å². The Morgan fingerprint density at radius 2 is 2.03 bits per heavy atom. The van der Waals surface area contributed by atoms with Crippen LogP contribution in [0.2, 0.25) is 0 Å². The van der Waals surface area contributed by atoms with E-state index in [0.717, 1.165) is 34.5 Å². The Morgan fingerprint density at radius 1 is 1.17 bits per heavy atom. The third-order valence-corrected chi connectivity index (χ3v) is 5.75. The van der Waals surface area contributed by atoms with Gasteiger partial charge in [-0.05, 0) is 42.7 Å². The van der Waals surface area contributed by atoms with E-state index >= 15 is 0 Å². The van der Waals surface area contributed by atoms with Gasteiger partial charge in [-0.15, -0.1) is 0 Å². The lowest BCUT2D eigenvalue weighted by Crippen LogP contribution is -2.31. The van der Waals surface area contributed by atoms with Crippen molar-refractivity contribution in [2.24, 2.45) is 0 Å². The third kappa shape index (κ3) is 2.79. The summed E-state index contributed by atoms with van der Waals surface area (Å²) in [6, 6.07) is 16.0. The molecule has 6 nitrogen and oxygen atoms in total. The van der Waals surface area contributed by atoms with Crippen molar-refractivity contribution in [3.63, 3.8) is 0 Å². The van der Waals surface area contributed by atoms with Crippen LogP contribution in [0.1, 0.15) is 38.9 Å². The highest BCUT2D eigenvalue weighted by Gasteiger charge is 2.41. The van der Waals surface area contributed by atoms with Crippen molar-refractivity contribution in [3.8, 4) is 5.75 Å². The molecule has 0 spiro atoms. The molecule has 2 aromatic heterocycles. The monoisotopic (exact) mass is 386 g/mol. The predicted octanol–water partition coefficient (Wildman–Crippen LogP) is 4.00. The van der Waals surface area contributed by atoms with Crippen molar-refractivity contribution in [1.82, 2.24) is 20.1 Å². The number of aromatic nitrogens is 3. The number of aryl methyl sites for hydroxylation is 1. The van der Waals surface area contributed by atoms with Gasteiger partial charge in [-0.25, -0.2) is 0 Å². The molecule has 1 unspecified atom stereocenters. The topological polar surface area (TPSA) is 74.0 Å². The molecule has 1 atom stereocenters. The van der Waals surface area contributed by atoms with Crippen LogP contribution in [0, 0.1) is 6.92 Å². The van der Waals surface area contributed by atoms with Crippen LogP contribution in [0.3, 0.4) is 0 Å². The molecule has 0 fully saturated rings. The zero-order chi connectivity index (χ0) is 20.0. The Morgan fingerprint density at radius 3 is 2.90 bits per heavy atom. The molecule has 5 rings (SSSR count). The summed E-state index contributed by atoms with van der Waals surface area (Å²) in [5.41, 5.74) is 5.76. The summed E-state index contributed by atoms with van der Waals surface area (Å²) >= 11 is 0. The lowest BCUT2D eigenvalue weighted by molar-refractivity contribution is 0.0745. The van der Waals surface area contributed by atoms with Crippen molar-refractivity contribution >= 4 is 16.8 Å². The number of fused-ring (bicyclic) bond motifs is 2. The van der Waals surface area contributed by atoms with Gasteiger partial charge in [0.1, 0.15) is 5.75 Å². The van der Waals surface area contributed by atoms with Crippen LogP contribution in [-0.4, -0.2) is 39.6 Å². The smallest absolute Gasteiger partial charge is 0.275 e. The number of H-pyrrole nitrogens is 2. The molecule has 0 aliphatic carbocycles. The van der Waals surface area contributed by atoms with Gasteiger partial charge < -0.3 is 14.6 Å². The summed E-state index contributed by atoms with van der Waals surface area (Å²) in [6.07, 6.45) is 2.81. The number of carbonyl (C=O) groups is 1. The molecule has 2 aromatic carbocycles. The molecule has 2 N–H and O–H groups in total. The highest BCUT2D eigenvalue weighted by atomic mass is 16.5. The SMILES string of the molecule is COc1cccc(C2c3c(n[nH]c3C)C(=O)N2CCc2c[nH]c3ccccc23)c1. The van der Waals surface area contributed by atoms with Gasteiger partial charge >= 0.3 is 0 Å². The van der Waals surface area contributed by atoms with Crippen LogP contribution < -0.4 is 4.74 Å². The van der Waals surface area contributed by atoms with Crippen molar-refractivity contribution < 1.29 is 9.53 Å². The molecule has 0 bridgehead atoms. The Labute approximate surface area is 168 Å². The molecular weight excluding hydrogens is 364 g/mol. The predicted molar refractivity (Wildman–Crippen MR) is 111 cm³/mol. The van der Waals surface area contributed by atoms with Gasteiger partial charge in [-0.3, -0.25) is 9.89 Å². The van der Waals surface area contributed by atoms with Crippen molar-refractivity contribution in [2.75, 3.05) is 13.7 Å². The third-order valence-electron chi connectivity index (χ3n) is 5.75. The number of amides is 1. The van der Waals surface area contributed by atoms with Gasteiger partial charge in [-0.2, -0.15) is 5.10 Å². The first-order chi connectivity index (χ1) is 14.2. The number of para-hydroxylation sites is 1. The second-order valence-corrected chi connectivity index (χ2v) is 7.40. The first kappa shape index (κ1) is 17.6.